The van der Waals surface area contributed by atoms with Gasteiger partial charge in [-0.1, -0.05) is 66.6 Å². The maximum Gasteiger partial charge on any atom is 0.249 e. The van der Waals surface area contributed by atoms with Gasteiger partial charge >= 0.3 is 0 Å². The third-order valence-corrected chi connectivity index (χ3v) is 7.20. The first-order valence-electron chi connectivity index (χ1n) is 13.0. The van der Waals surface area contributed by atoms with Gasteiger partial charge < -0.3 is 5.32 Å². The molecule has 1 fully saturated rings. The molecule has 2 amide bonds. The van der Waals surface area contributed by atoms with Gasteiger partial charge in [-0.15, -0.1) is 5.10 Å². The molecule has 3 aromatic carbocycles. The summed E-state index contributed by atoms with van der Waals surface area (Å²) in [5.41, 5.74) is 3.97. The van der Waals surface area contributed by atoms with Crippen LogP contribution in [0.1, 0.15) is 60.1 Å². The van der Waals surface area contributed by atoms with E-state index >= 15 is 0 Å². The van der Waals surface area contributed by atoms with E-state index in [9.17, 15) is 14.4 Å². The molecule has 4 aromatic rings. The number of nitrogens with one attached hydrogen (secondary N) is 1. The minimum atomic E-state index is -0.929. The molecule has 0 bridgehead atoms. The van der Waals surface area contributed by atoms with Gasteiger partial charge in [-0.3, -0.25) is 19.3 Å². The van der Waals surface area contributed by atoms with Crippen LogP contribution >= 0.6 is 0 Å². The zero-order valence-corrected chi connectivity index (χ0v) is 21.6. The quantitative estimate of drug-likeness (QED) is 0.345. The number of carbonyl (C=O) groups is 3. The largest absolute Gasteiger partial charge is 0.351 e. The van der Waals surface area contributed by atoms with E-state index in [0.29, 0.717) is 16.8 Å². The topological polar surface area (TPSA) is 97.2 Å². The van der Waals surface area contributed by atoms with Gasteiger partial charge in [-0.05, 0) is 62.1 Å². The van der Waals surface area contributed by atoms with Crippen molar-refractivity contribution in [2.45, 2.75) is 58.2 Å². The Morgan fingerprint density at radius 2 is 1.74 bits per heavy atom. The molecule has 0 radical (unpaired) electrons. The molecule has 1 aliphatic carbocycles. The SMILES string of the molecule is CC(=O)c1cccc(N(C(=O)Cn2nnc3ccccc32)C(C(=O)NC2CCCC2)c2ccccc2C)c1. The lowest BCUT2D eigenvalue weighted by Crippen LogP contribution is -2.47. The van der Waals surface area contributed by atoms with E-state index in [4.69, 9.17) is 0 Å². The summed E-state index contributed by atoms with van der Waals surface area (Å²) in [5, 5.41) is 11.6. The van der Waals surface area contributed by atoms with Crippen LogP contribution in [0.4, 0.5) is 5.69 Å². The number of para-hydroxylation sites is 1. The Hall–Kier alpha value is -4.33. The number of aromatic nitrogens is 3. The second kappa shape index (κ2) is 11.0. The lowest BCUT2D eigenvalue weighted by molar-refractivity contribution is -0.127. The molecule has 1 N–H and O–H groups in total. The Kier molecular flexibility index (Phi) is 7.31. The molecule has 0 saturated heterocycles. The van der Waals surface area contributed by atoms with E-state index in [0.717, 1.165) is 42.3 Å². The van der Waals surface area contributed by atoms with Gasteiger partial charge in [0.25, 0.3) is 0 Å². The fourth-order valence-electron chi connectivity index (χ4n) is 5.19. The zero-order valence-electron chi connectivity index (χ0n) is 21.6. The van der Waals surface area contributed by atoms with Gasteiger partial charge in [-0.2, -0.15) is 0 Å². The van der Waals surface area contributed by atoms with Crippen LogP contribution in [0.5, 0.6) is 0 Å². The van der Waals surface area contributed by atoms with Crippen LogP contribution in [0.2, 0.25) is 0 Å². The summed E-state index contributed by atoms with van der Waals surface area (Å²) in [6.07, 6.45) is 3.99. The van der Waals surface area contributed by atoms with Gasteiger partial charge in [-0.25, -0.2) is 4.68 Å². The van der Waals surface area contributed by atoms with Crippen molar-refractivity contribution >= 4 is 34.3 Å². The fourth-order valence-corrected chi connectivity index (χ4v) is 5.19. The number of hydrogen-bond donors (Lipinski definition) is 1. The van der Waals surface area contributed by atoms with Crippen LogP contribution in [-0.2, 0) is 16.1 Å². The Morgan fingerprint density at radius 3 is 2.50 bits per heavy atom. The maximum atomic E-state index is 14.2. The average molecular weight is 510 g/mol. The van der Waals surface area contributed by atoms with Crippen molar-refractivity contribution in [1.29, 1.82) is 0 Å². The summed E-state index contributed by atoms with van der Waals surface area (Å²) < 4.78 is 1.54. The molecule has 1 aliphatic rings. The van der Waals surface area contributed by atoms with E-state index in [1.165, 1.54) is 11.8 Å². The first-order valence-corrected chi connectivity index (χ1v) is 13.0. The molecule has 1 aromatic heterocycles. The summed E-state index contributed by atoms with van der Waals surface area (Å²) in [7, 11) is 0. The number of fused-ring (bicyclic) bond motifs is 1. The van der Waals surface area contributed by atoms with Gasteiger partial charge in [0.05, 0.1) is 5.52 Å². The number of Topliss-reactive ketones (excluding diaryl/α,β-unsaturated/α-hetero) is 1. The number of rotatable bonds is 8. The molecule has 1 heterocycles. The van der Waals surface area contributed by atoms with E-state index in [1.54, 1.807) is 28.9 Å². The Morgan fingerprint density at radius 1 is 1.00 bits per heavy atom. The highest BCUT2D eigenvalue weighted by molar-refractivity contribution is 6.03. The highest BCUT2D eigenvalue weighted by atomic mass is 16.2. The highest BCUT2D eigenvalue weighted by Gasteiger charge is 2.35. The van der Waals surface area contributed by atoms with Crippen molar-refractivity contribution in [3.05, 3.63) is 89.5 Å². The minimum absolute atomic E-state index is 0.0776. The summed E-state index contributed by atoms with van der Waals surface area (Å²) in [6.45, 7) is 3.30. The van der Waals surface area contributed by atoms with E-state index in [1.807, 2.05) is 55.5 Å². The third-order valence-electron chi connectivity index (χ3n) is 7.20. The number of anilines is 1. The molecule has 1 unspecified atom stereocenters. The lowest BCUT2D eigenvalue weighted by atomic mass is 9.97. The fraction of sp³-hybridized carbons (Fsp3) is 0.300. The first kappa shape index (κ1) is 25.3. The first-order chi connectivity index (χ1) is 18.4. The number of benzene rings is 3. The molecule has 8 heteroatoms. The second-order valence-corrected chi connectivity index (χ2v) is 9.86. The molecule has 38 heavy (non-hydrogen) atoms. The molecule has 8 nitrogen and oxygen atoms in total. The zero-order chi connectivity index (χ0) is 26.6. The summed E-state index contributed by atoms with van der Waals surface area (Å²) in [5.74, 6) is -0.697. The van der Waals surface area contributed by atoms with Crippen molar-refractivity contribution < 1.29 is 14.4 Å². The van der Waals surface area contributed by atoms with Crippen molar-refractivity contribution in [1.82, 2.24) is 20.3 Å². The van der Waals surface area contributed by atoms with Crippen LogP contribution in [0.15, 0.2) is 72.8 Å². The van der Waals surface area contributed by atoms with Gasteiger partial charge in [0.1, 0.15) is 18.1 Å². The molecular formula is C30H31N5O3. The van der Waals surface area contributed by atoms with Crippen molar-refractivity contribution in [3.8, 4) is 0 Å². The van der Waals surface area contributed by atoms with Crippen molar-refractivity contribution in [2.24, 2.45) is 0 Å². The van der Waals surface area contributed by atoms with Gasteiger partial charge in [0, 0.05) is 17.3 Å². The number of aryl methyl sites for hydroxylation is 1. The summed E-state index contributed by atoms with van der Waals surface area (Å²) in [6, 6.07) is 21.1. The molecule has 194 valence electrons. The van der Waals surface area contributed by atoms with E-state index < -0.39 is 6.04 Å². The van der Waals surface area contributed by atoms with Crippen LogP contribution in [0, 0.1) is 6.92 Å². The van der Waals surface area contributed by atoms with Crippen LogP contribution < -0.4 is 10.2 Å². The number of nitrogens with zero attached hydrogens (tertiary/aromatic N) is 4. The molecular weight excluding hydrogens is 478 g/mol. The third kappa shape index (κ3) is 5.20. The number of carbonyl (C=O) groups excluding carboxylic acids is 3. The normalized spacial score (nSPS) is 14.4. The number of ketones is 1. The Balaban J connectivity index is 1.61. The van der Waals surface area contributed by atoms with Crippen molar-refractivity contribution in [2.75, 3.05) is 4.90 Å². The molecule has 5 rings (SSSR count). The van der Waals surface area contributed by atoms with E-state index in [2.05, 4.69) is 15.6 Å². The predicted octanol–water partition coefficient (Wildman–Crippen LogP) is 4.78. The summed E-state index contributed by atoms with van der Waals surface area (Å²) in [4.78, 5) is 41.9. The maximum absolute atomic E-state index is 14.2. The Bertz CT molecular complexity index is 1490. The second-order valence-electron chi connectivity index (χ2n) is 9.86. The van der Waals surface area contributed by atoms with E-state index in [-0.39, 0.29) is 30.2 Å². The smallest absolute Gasteiger partial charge is 0.249 e. The minimum Gasteiger partial charge on any atom is -0.351 e. The highest BCUT2D eigenvalue weighted by Crippen LogP contribution is 2.32. The molecule has 0 spiro atoms. The molecule has 1 atom stereocenters. The lowest BCUT2D eigenvalue weighted by Gasteiger charge is -2.33. The predicted molar refractivity (Wildman–Crippen MR) is 146 cm³/mol. The van der Waals surface area contributed by atoms with Crippen molar-refractivity contribution in [3.63, 3.8) is 0 Å². The number of amides is 2. The van der Waals surface area contributed by atoms with Crippen LogP contribution in [0.25, 0.3) is 11.0 Å². The molecule has 0 aliphatic heterocycles. The standard InChI is InChI=1S/C30H31N5O3/c1-20-10-3-6-15-25(20)29(30(38)31-23-12-4-5-13-23)35(24-14-9-11-22(18-24)21(2)36)28(37)19-34-27-17-8-7-16-26(27)32-33-34/h3,6-11,14-18,23,29H,4-5,12-13,19H2,1-2H3,(H,31,38). The van der Waals surface area contributed by atoms with Crippen LogP contribution in [0.3, 0.4) is 0 Å². The Labute approximate surface area is 221 Å². The monoisotopic (exact) mass is 509 g/mol. The summed E-state index contributed by atoms with van der Waals surface area (Å²) >= 11 is 0. The van der Waals surface area contributed by atoms with Crippen LogP contribution in [-0.4, -0.2) is 38.6 Å². The average Bonchev–Trinajstić information content (AvgIpc) is 3.58. The van der Waals surface area contributed by atoms with Gasteiger partial charge in [0.15, 0.2) is 5.78 Å². The van der Waals surface area contributed by atoms with Gasteiger partial charge in [0.2, 0.25) is 11.8 Å². The number of hydrogen-bond acceptors (Lipinski definition) is 5. The molecule has 1 saturated carbocycles.